The Labute approximate surface area is 127 Å². The zero-order chi connectivity index (χ0) is 15.5. The van der Waals surface area contributed by atoms with Crippen LogP contribution in [0.4, 0.5) is 5.69 Å². The third-order valence-electron chi connectivity index (χ3n) is 3.64. The fraction of sp³-hybridized carbons (Fsp3) is 0.368. The Hall–Kier alpha value is -1.96. The highest BCUT2D eigenvalue weighted by atomic mass is 16.3. The van der Waals surface area contributed by atoms with Crippen LogP contribution < -0.4 is 5.32 Å². The standard InChI is InChI=1S/C19H25NO/c1-14(13-15-5-11-18(21)12-6-15)20-17-9-7-16(8-10-17)19(2,3)4/h5-12,14,20-21H,13H2,1-4H3. The van der Waals surface area contributed by atoms with Crippen molar-refractivity contribution in [3.8, 4) is 5.75 Å². The Morgan fingerprint density at radius 2 is 1.52 bits per heavy atom. The maximum absolute atomic E-state index is 9.30. The van der Waals surface area contributed by atoms with Crippen molar-refractivity contribution < 1.29 is 5.11 Å². The van der Waals surface area contributed by atoms with Crippen molar-refractivity contribution in [2.24, 2.45) is 0 Å². The van der Waals surface area contributed by atoms with Gasteiger partial charge in [-0.05, 0) is 54.2 Å². The summed E-state index contributed by atoms with van der Waals surface area (Å²) in [5.74, 6) is 0.317. The van der Waals surface area contributed by atoms with Crippen molar-refractivity contribution in [1.29, 1.82) is 0 Å². The number of nitrogens with one attached hydrogen (secondary N) is 1. The van der Waals surface area contributed by atoms with E-state index in [-0.39, 0.29) is 5.41 Å². The molecule has 0 amide bonds. The van der Waals surface area contributed by atoms with Gasteiger partial charge in [0.05, 0.1) is 0 Å². The predicted molar refractivity (Wildman–Crippen MR) is 90.0 cm³/mol. The second-order valence-corrected chi connectivity index (χ2v) is 6.74. The predicted octanol–water partition coefficient (Wildman–Crippen LogP) is 4.73. The number of anilines is 1. The van der Waals surface area contributed by atoms with E-state index >= 15 is 0 Å². The number of benzene rings is 2. The number of hydrogen-bond acceptors (Lipinski definition) is 2. The highest BCUT2D eigenvalue weighted by Gasteiger charge is 2.13. The smallest absolute Gasteiger partial charge is 0.115 e. The number of hydrogen-bond donors (Lipinski definition) is 2. The van der Waals surface area contributed by atoms with Gasteiger partial charge in [0.1, 0.15) is 5.75 Å². The van der Waals surface area contributed by atoms with Crippen molar-refractivity contribution >= 4 is 5.69 Å². The van der Waals surface area contributed by atoms with Gasteiger partial charge >= 0.3 is 0 Å². The molecule has 1 unspecified atom stereocenters. The zero-order valence-electron chi connectivity index (χ0n) is 13.4. The minimum Gasteiger partial charge on any atom is -0.508 e. The number of rotatable bonds is 4. The van der Waals surface area contributed by atoms with E-state index in [0.717, 1.165) is 12.1 Å². The molecule has 0 spiro atoms. The van der Waals surface area contributed by atoms with Crippen LogP contribution in [-0.4, -0.2) is 11.1 Å². The molecule has 0 heterocycles. The van der Waals surface area contributed by atoms with Crippen LogP contribution in [0.2, 0.25) is 0 Å². The van der Waals surface area contributed by atoms with Gasteiger partial charge in [-0.1, -0.05) is 45.0 Å². The van der Waals surface area contributed by atoms with Crippen molar-refractivity contribution in [3.05, 3.63) is 59.7 Å². The average Bonchev–Trinajstić information content (AvgIpc) is 2.41. The van der Waals surface area contributed by atoms with Gasteiger partial charge in [0, 0.05) is 11.7 Å². The molecule has 0 bridgehead atoms. The Bertz CT molecular complexity index is 564. The lowest BCUT2D eigenvalue weighted by molar-refractivity contribution is 0.475. The first-order valence-corrected chi connectivity index (χ1v) is 7.49. The van der Waals surface area contributed by atoms with E-state index < -0.39 is 0 Å². The highest BCUT2D eigenvalue weighted by molar-refractivity contribution is 5.46. The third kappa shape index (κ3) is 4.52. The fourth-order valence-corrected chi connectivity index (χ4v) is 2.39. The van der Waals surface area contributed by atoms with Crippen LogP contribution in [0, 0.1) is 0 Å². The first-order chi connectivity index (χ1) is 9.84. The van der Waals surface area contributed by atoms with Crippen LogP contribution in [0.15, 0.2) is 48.5 Å². The van der Waals surface area contributed by atoms with E-state index in [1.54, 1.807) is 12.1 Å². The third-order valence-corrected chi connectivity index (χ3v) is 3.64. The van der Waals surface area contributed by atoms with Crippen LogP contribution in [0.25, 0.3) is 0 Å². The van der Waals surface area contributed by atoms with Crippen molar-refractivity contribution in [3.63, 3.8) is 0 Å². The fourth-order valence-electron chi connectivity index (χ4n) is 2.39. The molecular formula is C19H25NO. The van der Waals surface area contributed by atoms with Gasteiger partial charge in [0.15, 0.2) is 0 Å². The van der Waals surface area contributed by atoms with Crippen LogP contribution in [-0.2, 0) is 11.8 Å². The zero-order valence-corrected chi connectivity index (χ0v) is 13.4. The lowest BCUT2D eigenvalue weighted by atomic mass is 9.87. The van der Waals surface area contributed by atoms with Gasteiger partial charge in [0.2, 0.25) is 0 Å². The largest absolute Gasteiger partial charge is 0.508 e. The lowest BCUT2D eigenvalue weighted by Crippen LogP contribution is -2.18. The summed E-state index contributed by atoms with van der Waals surface area (Å²) in [5.41, 5.74) is 3.91. The molecular weight excluding hydrogens is 258 g/mol. The molecule has 0 saturated carbocycles. The quantitative estimate of drug-likeness (QED) is 0.850. The molecule has 112 valence electrons. The molecule has 0 radical (unpaired) electrons. The molecule has 0 aliphatic rings. The molecule has 2 heteroatoms. The number of phenols is 1. The summed E-state index contributed by atoms with van der Waals surface area (Å²) in [6, 6.07) is 16.4. The van der Waals surface area contributed by atoms with Crippen LogP contribution in [0.3, 0.4) is 0 Å². The van der Waals surface area contributed by atoms with Crippen molar-refractivity contribution in [2.75, 3.05) is 5.32 Å². The lowest BCUT2D eigenvalue weighted by Gasteiger charge is -2.20. The van der Waals surface area contributed by atoms with Gasteiger partial charge in [-0.3, -0.25) is 0 Å². The maximum Gasteiger partial charge on any atom is 0.115 e. The molecule has 0 aliphatic carbocycles. The Balaban J connectivity index is 1.96. The summed E-state index contributed by atoms with van der Waals surface area (Å²) < 4.78 is 0. The summed E-state index contributed by atoms with van der Waals surface area (Å²) in [7, 11) is 0. The van der Waals surface area contributed by atoms with Gasteiger partial charge in [0.25, 0.3) is 0 Å². The van der Waals surface area contributed by atoms with E-state index in [4.69, 9.17) is 0 Å². The Kier molecular flexibility index (Phi) is 4.56. The van der Waals surface area contributed by atoms with Crippen LogP contribution in [0.1, 0.15) is 38.8 Å². The molecule has 2 nitrogen and oxygen atoms in total. The van der Waals surface area contributed by atoms with E-state index in [0.29, 0.717) is 11.8 Å². The SMILES string of the molecule is CC(Cc1ccc(O)cc1)Nc1ccc(C(C)(C)C)cc1. The van der Waals surface area contributed by atoms with E-state index in [9.17, 15) is 5.11 Å². The molecule has 2 aromatic carbocycles. The molecule has 2 rings (SSSR count). The molecule has 1 atom stereocenters. The van der Waals surface area contributed by atoms with E-state index in [1.165, 1.54) is 11.1 Å². The molecule has 2 aromatic rings. The molecule has 2 N–H and O–H groups in total. The average molecular weight is 283 g/mol. The molecule has 0 fully saturated rings. The van der Waals surface area contributed by atoms with Gasteiger partial charge in [-0.15, -0.1) is 0 Å². The summed E-state index contributed by atoms with van der Waals surface area (Å²) in [4.78, 5) is 0. The van der Waals surface area contributed by atoms with Gasteiger partial charge in [-0.2, -0.15) is 0 Å². The minimum absolute atomic E-state index is 0.191. The first-order valence-electron chi connectivity index (χ1n) is 7.49. The summed E-state index contributed by atoms with van der Waals surface area (Å²) >= 11 is 0. The minimum atomic E-state index is 0.191. The molecule has 0 aromatic heterocycles. The molecule has 21 heavy (non-hydrogen) atoms. The molecule has 0 saturated heterocycles. The second-order valence-electron chi connectivity index (χ2n) is 6.74. The highest BCUT2D eigenvalue weighted by Crippen LogP contribution is 2.24. The monoisotopic (exact) mass is 283 g/mol. The van der Waals surface area contributed by atoms with Crippen molar-refractivity contribution in [1.82, 2.24) is 0 Å². The van der Waals surface area contributed by atoms with E-state index in [1.807, 2.05) is 12.1 Å². The van der Waals surface area contributed by atoms with Crippen molar-refractivity contribution in [2.45, 2.75) is 45.6 Å². The second kappa shape index (κ2) is 6.21. The van der Waals surface area contributed by atoms with Crippen LogP contribution in [0.5, 0.6) is 5.75 Å². The van der Waals surface area contributed by atoms with Gasteiger partial charge in [-0.25, -0.2) is 0 Å². The molecule has 0 aliphatic heterocycles. The summed E-state index contributed by atoms with van der Waals surface area (Å²) in [5, 5.41) is 12.8. The van der Waals surface area contributed by atoms with Crippen LogP contribution >= 0.6 is 0 Å². The number of phenolic OH excluding ortho intramolecular Hbond substituents is 1. The maximum atomic E-state index is 9.30. The summed E-state index contributed by atoms with van der Waals surface area (Å²) in [6.07, 6.45) is 0.932. The van der Waals surface area contributed by atoms with E-state index in [2.05, 4.69) is 57.3 Å². The summed E-state index contributed by atoms with van der Waals surface area (Å²) in [6.45, 7) is 8.85. The number of aromatic hydroxyl groups is 1. The topological polar surface area (TPSA) is 32.3 Å². The Morgan fingerprint density at radius 1 is 0.952 bits per heavy atom. The van der Waals surface area contributed by atoms with Gasteiger partial charge < -0.3 is 10.4 Å². The first kappa shape index (κ1) is 15.4. The Morgan fingerprint density at radius 3 is 2.05 bits per heavy atom. The normalized spacial score (nSPS) is 13.0.